The Labute approximate surface area is 187 Å². The molecule has 0 spiro atoms. The average Bonchev–Trinajstić information content (AvgIpc) is 3.11. The number of benzene rings is 1. The van der Waals surface area contributed by atoms with Crippen LogP contribution in [0.2, 0.25) is 0 Å². The average molecular weight is 427 g/mol. The third-order valence-electron chi connectivity index (χ3n) is 5.26. The molecule has 31 heavy (non-hydrogen) atoms. The van der Waals surface area contributed by atoms with Gasteiger partial charge in [0.2, 0.25) is 11.8 Å². The summed E-state index contributed by atoms with van der Waals surface area (Å²) in [5, 5.41) is 7.80. The predicted molar refractivity (Wildman–Crippen MR) is 127 cm³/mol. The normalized spacial score (nSPS) is 11.6. The fraction of sp³-hybridized carbons (Fsp3) is 0.560. The summed E-state index contributed by atoms with van der Waals surface area (Å²) in [6.07, 6.45) is 3.01. The minimum Gasteiger partial charge on any atom is -0.333 e. The quantitative estimate of drug-likeness (QED) is 0.568. The minimum absolute atomic E-state index is 0.00838. The number of aryl methyl sites for hydroxylation is 1. The number of anilines is 1. The van der Waals surface area contributed by atoms with Crippen molar-refractivity contribution in [1.29, 1.82) is 0 Å². The summed E-state index contributed by atoms with van der Waals surface area (Å²) < 4.78 is 1.79. The summed E-state index contributed by atoms with van der Waals surface area (Å²) >= 11 is 0. The molecule has 0 atom stereocenters. The van der Waals surface area contributed by atoms with Gasteiger partial charge < -0.3 is 10.2 Å². The highest BCUT2D eigenvalue weighted by molar-refractivity contribution is 5.94. The number of nitrogens with zero attached hydrogens (tertiary/aromatic N) is 3. The van der Waals surface area contributed by atoms with Gasteiger partial charge in [-0.2, -0.15) is 5.10 Å². The van der Waals surface area contributed by atoms with Gasteiger partial charge in [0.25, 0.3) is 0 Å². The molecule has 0 unspecified atom stereocenters. The van der Waals surface area contributed by atoms with Gasteiger partial charge in [0.15, 0.2) is 0 Å². The molecule has 1 aromatic heterocycles. The van der Waals surface area contributed by atoms with E-state index >= 15 is 0 Å². The van der Waals surface area contributed by atoms with Crippen LogP contribution in [0, 0.1) is 12.8 Å². The van der Waals surface area contributed by atoms with Crippen molar-refractivity contribution in [3.63, 3.8) is 0 Å². The molecule has 1 N–H and O–H groups in total. The number of para-hydroxylation sites is 1. The van der Waals surface area contributed by atoms with Gasteiger partial charge in [0, 0.05) is 23.9 Å². The van der Waals surface area contributed by atoms with E-state index < -0.39 is 0 Å². The first-order valence-electron chi connectivity index (χ1n) is 11.3. The lowest BCUT2D eigenvalue weighted by molar-refractivity contribution is -0.137. The second kappa shape index (κ2) is 10.6. The van der Waals surface area contributed by atoms with Gasteiger partial charge in [-0.15, -0.1) is 0 Å². The topological polar surface area (TPSA) is 67.2 Å². The molecule has 6 heteroatoms. The first-order chi connectivity index (χ1) is 14.5. The van der Waals surface area contributed by atoms with Crippen LogP contribution in [0.15, 0.2) is 30.3 Å². The van der Waals surface area contributed by atoms with E-state index in [9.17, 15) is 9.59 Å². The van der Waals surface area contributed by atoms with Crippen molar-refractivity contribution in [2.45, 2.75) is 73.1 Å². The summed E-state index contributed by atoms with van der Waals surface area (Å²) in [5.74, 6) is 0.281. The highest BCUT2D eigenvalue weighted by Crippen LogP contribution is 2.27. The number of hydrogen-bond donors (Lipinski definition) is 1. The molecule has 0 saturated heterocycles. The number of hydrogen-bond acceptors (Lipinski definition) is 3. The van der Waals surface area contributed by atoms with Gasteiger partial charge in [-0.25, -0.2) is 4.68 Å². The van der Waals surface area contributed by atoms with Crippen LogP contribution in [0.3, 0.4) is 0 Å². The zero-order valence-electron chi connectivity index (χ0n) is 20.2. The maximum Gasteiger partial charge on any atom is 0.245 e. The summed E-state index contributed by atoms with van der Waals surface area (Å²) in [7, 11) is 0. The maximum absolute atomic E-state index is 13.0. The Morgan fingerprint density at radius 1 is 1.16 bits per heavy atom. The van der Waals surface area contributed by atoms with Gasteiger partial charge in [0.05, 0.1) is 17.9 Å². The van der Waals surface area contributed by atoms with Crippen molar-refractivity contribution in [1.82, 2.24) is 14.7 Å². The second-order valence-electron chi connectivity index (χ2n) is 9.53. The summed E-state index contributed by atoms with van der Waals surface area (Å²) in [6.45, 7) is 14.8. The van der Waals surface area contributed by atoms with Crippen LogP contribution >= 0.6 is 0 Å². The third-order valence-corrected chi connectivity index (χ3v) is 5.26. The molecule has 2 aromatic rings. The Bertz CT molecular complexity index is 893. The number of unbranched alkanes of at least 4 members (excludes halogenated alkanes) is 2. The monoisotopic (exact) mass is 426 g/mol. The summed E-state index contributed by atoms with van der Waals surface area (Å²) in [5.41, 5.74) is 2.72. The lowest BCUT2D eigenvalue weighted by Gasteiger charge is -2.24. The number of carbonyl (C=O) groups is 2. The predicted octanol–water partition coefficient (Wildman–Crippen LogP) is 5.09. The molecule has 1 aromatic carbocycles. The zero-order chi connectivity index (χ0) is 23.2. The SMILES string of the molecule is CCCCCN(CC(=O)Nc1cc(C(C)(C)C)nn1-c1ccccc1C)C(=O)C(C)C. The Hall–Kier alpha value is -2.63. The molecule has 170 valence electrons. The highest BCUT2D eigenvalue weighted by atomic mass is 16.2. The van der Waals surface area contributed by atoms with E-state index in [2.05, 4.69) is 33.0 Å². The zero-order valence-corrected chi connectivity index (χ0v) is 20.2. The number of aromatic nitrogens is 2. The van der Waals surface area contributed by atoms with E-state index in [1.165, 1.54) is 0 Å². The van der Waals surface area contributed by atoms with E-state index in [-0.39, 0.29) is 29.7 Å². The maximum atomic E-state index is 13.0. The van der Waals surface area contributed by atoms with Crippen molar-refractivity contribution in [3.8, 4) is 5.69 Å². The van der Waals surface area contributed by atoms with Crippen LogP contribution in [-0.2, 0) is 15.0 Å². The first-order valence-corrected chi connectivity index (χ1v) is 11.3. The summed E-state index contributed by atoms with van der Waals surface area (Å²) in [6, 6.07) is 9.88. The number of rotatable bonds is 9. The molecule has 0 aliphatic heterocycles. The summed E-state index contributed by atoms with van der Waals surface area (Å²) in [4.78, 5) is 27.3. The third kappa shape index (κ3) is 6.68. The number of amides is 2. The van der Waals surface area contributed by atoms with Crippen LogP contribution in [0.5, 0.6) is 0 Å². The van der Waals surface area contributed by atoms with Gasteiger partial charge in [-0.3, -0.25) is 9.59 Å². The van der Waals surface area contributed by atoms with Gasteiger partial charge in [-0.05, 0) is 25.0 Å². The fourth-order valence-electron chi connectivity index (χ4n) is 3.36. The van der Waals surface area contributed by atoms with Gasteiger partial charge in [0.1, 0.15) is 5.82 Å². The van der Waals surface area contributed by atoms with Crippen LogP contribution < -0.4 is 5.32 Å². The largest absolute Gasteiger partial charge is 0.333 e. The highest BCUT2D eigenvalue weighted by Gasteiger charge is 2.24. The molecule has 1 heterocycles. The molecule has 0 aliphatic rings. The molecule has 0 fully saturated rings. The molecule has 0 aliphatic carbocycles. The first kappa shape index (κ1) is 24.6. The lowest BCUT2D eigenvalue weighted by atomic mass is 9.92. The van der Waals surface area contributed by atoms with E-state index in [1.807, 2.05) is 51.1 Å². The standard InChI is InChI=1S/C25H38N4O2/c1-8-9-12-15-28(24(31)18(2)3)17-23(30)26-22-16-21(25(5,6)7)27-29(22)20-14-11-10-13-19(20)4/h10-11,13-14,16,18H,8-9,12,15,17H2,1-7H3,(H,26,30). The van der Waals surface area contributed by atoms with Crippen molar-refractivity contribution < 1.29 is 9.59 Å². The Kier molecular flexibility index (Phi) is 8.43. The molecule has 6 nitrogen and oxygen atoms in total. The molecule has 2 rings (SSSR count). The molecular formula is C25H38N4O2. The van der Waals surface area contributed by atoms with E-state index in [0.29, 0.717) is 12.4 Å². The minimum atomic E-state index is -0.208. The van der Waals surface area contributed by atoms with E-state index in [0.717, 1.165) is 36.2 Å². The van der Waals surface area contributed by atoms with Crippen LogP contribution in [0.25, 0.3) is 5.69 Å². The van der Waals surface area contributed by atoms with Crippen LogP contribution in [0.4, 0.5) is 5.82 Å². The Morgan fingerprint density at radius 3 is 2.42 bits per heavy atom. The van der Waals surface area contributed by atoms with Crippen molar-refractivity contribution in [3.05, 3.63) is 41.6 Å². The van der Waals surface area contributed by atoms with Crippen molar-refractivity contribution in [2.24, 2.45) is 5.92 Å². The van der Waals surface area contributed by atoms with Gasteiger partial charge in [-0.1, -0.05) is 72.6 Å². The number of carbonyl (C=O) groups excluding carboxylic acids is 2. The van der Waals surface area contributed by atoms with Crippen molar-refractivity contribution in [2.75, 3.05) is 18.4 Å². The lowest BCUT2D eigenvalue weighted by Crippen LogP contribution is -2.41. The second-order valence-corrected chi connectivity index (χ2v) is 9.53. The van der Waals surface area contributed by atoms with E-state index in [1.54, 1.807) is 9.58 Å². The number of nitrogens with one attached hydrogen (secondary N) is 1. The molecule has 0 bridgehead atoms. The molecule has 2 amide bonds. The van der Waals surface area contributed by atoms with E-state index in [4.69, 9.17) is 5.10 Å². The Morgan fingerprint density at radius 2 is 1.84 bits per heavy atom. The van der Waals surface area contributed by atoms with Crippen LogP contribution in [-0.4, -0.2) is 39.6 Å². The smallest absolute Gasteiger partial charge is 0.245 e. The molecule has 0 saturated carbocycles. The van der Waals surface area contributed by atoms with Gasteiger partial charge >= 0.3 is 0 Å². The molecular weight excluding hydrogens is 388 g/mol. The molecule has 0 radical (unpaired) electrons. The van der Waals surface area contributed by atoms with Crippen LogP contribution in [0.1, 0.15) is 72.1 Å². The fourth-order valence-corrected chi connectivity index (χ4v) is 3.36. The Balaban J connectivity index is 2.29. The van der Waals surface area contributed by atoms with Crippen molar-refractivity contribution >= 4 is 17.6 Å².